The molecule has 1 unspecified atom stereocenters. The van der Waals surface area contributed by atoms with Crippen molar-refractivity contribution in [3.63, 3.8) is 0 Å². The largest absolute Gasteiger partial charge is 0.544 e. The molecule has 0 radical (unpaired) electrons. The first-order valence-corrected chi connectivity index (χ1v) is 10.5. The quantitative estimate of drug-likeness (QED) is 0.411. The zero-order valence-corrected chi connectivity index (χ0v) is 16.9. The van der Waals surface area contributed by atoms with E-state index in [2.05, 4.69) is 6.92 Å². The van der Waals surface area contributed by atoms with Crippen molar-refractivity contribution in [1.82, 2.24) is 0 Å². The van der Waals surface area contributed by atoms with Gasteiger partial charge in [-0.3, -0.25) is 0 Å². The summed E-state index contributed by atoms with van der Waals surface area (Å²) in [4.78, 5) is 12.3. The molecule has 0 aromatic carbocycles. The molecule has 0 aliphatic heterocycles. The Labute approximate surface area is 151 Å². The monoisotopic (exact) mass is 341 g/mol. The fraction of sp³-hybridized carbons (Fsp3) is 0.952. The Balaban J connectivity index is 3.38. The molecule has 0 amide bonds. The van der Waals surface area contributed by atoms with E-state index in [4.69, 9.17) is 0 Å². The summed E-state index contributed by atoms with van der Waals surface area (Å²) in [6.07, 6.45) is 19.3. The van der Waals surface area contributed by atoms with Crippen molar-refractivity contribution >= 4 is 5.97 Å². The van der Waals surface area contributed by atoms with Crippen LogP contribution in [0.5, 0.6) is 0 Å². The molecule has 0 saturated carbocycles. The summed E-state index contributed by atoms with van der Waals surface area (Å²) in [6, 6.07) is 0. The molecule has 144 valence electrons. The first kappa shape index (κ1) is 23.4. The molecule has 1 atom stereocenters. The Bertz CT molecular complexity index is 304. The van der Waals surface area contributed by atoms with E-state index in [-0.39, 0.29) is 0 Å². The number of quaternary nitrogens is 1. The van der Waals surface area contributed by atoms with Crippen LogP contribution in [0.1, 0.15) is 110 Å². The summed E-state index contributed by atoms with van der Waals surface area (Å²) < 4.78 is 0. The third kappa shape index (κ3) is 11.1. The molecule has 0 aromatic heterocycles. The highest BCUT2D eigenvalue weighted by Crippen LogP contribution is 2.15. The standard InChI is InChI=1S/C21H43NO2/c1-5-6-7-8-9-10-11-12-13-14-15-16-17-18-19-21(2,20(23)24)22(3)4/h5-19H2,1-4H3,(H,23,24). The fourth-order valence-corrected chi connectivity index (χ4v) is 3.23. The number of unbranched alkanes of at least 4 members (excludes halogenated alkanes) is 13. The van der Waals surface area contributed by atoms with Gasteiger partial charge in [0.15, 0.2) is 0 Å². The van der Waals surface area contributed by atoms with Crippen molar-refractivity contribution in [3.8, 4) is 0 Å². The second-order valence-corrected chi connectivity index (χ2v) is 7.97. The molecular weight excluding hydrogens is 298 g/mol. The highest BCUT2D eigenvalue weighted by molar-refractivity contribution is 5.74. The van der Waals surface area contributed by atoms with Crippen LogP contribution in [0, 0.1) is 0 Å². The van der Waals surface area contributed by atoms with Gasteiger partial charge in [-0.25, -0.2) is 0 Å². The van der Waals surface area contributed by atoms with Crippen LogP contribution in [0.4, 0.5) is 0 Å². The summed E-state index contributed by atoms with van der Waals surface area (Å²) in [7, 11) is 3.80. The topological polar surface area (TPSA) is 44.6 Å². The lowest BCUT2D eigenvalue weighted by atomic mass is 9.92. The average molecular weight is 342 g/mol. The number of rotatable bonds is 17. The molecular formula is C21H43NO2. The Morgan fingerprint density at radius 3 is 1.38 bits per heavy atom. The van der Waals surface area contributed by atoms with Crippen LogP contribution in [0.2, 0.25) is 0 Å². The molecule has 24 heavy (non-hydrogen) atoms. The molecule has 0 bridgehead atoms. The van der Waals surface area contributed by atoms with Crippen molar-refractivity contribution in [2.24, 2.45) is 0 Å². The number of carbonyl (C=O) groups excluding carboxylic acids is 1. The first-order chi connectivity index (χ1) is 11.4. The number of carboxylic acids is 1. The molecule has 0 aliphatic rings. The summed E-state index contributed by atoms with van der Waals surface area (Å²) in [5.41, 5.74) is -0.739. The molecule has 1 N–H and O–H groups in total. The highest BCUT2D eigenvalue weighted by atomic mass is 16.4. The Kier molecular flexibility index (Phi) is 14.4. The minimum atomic E-state index is -0.919. The zero-order chi connectivity index (χ0) is 18.3. The number of hydrogen-bond acceptors (Lipinski definition) is 2. The summed E-state index contributed by atoms with van der Waals surface area (Å²) in [5.74, 6) is -0.919. The Hall–Kier alpha value is -0.570. The van der Waals surface area contributed by atoms with Gasteiger partial charge in [0, 0.05) is 6.42 Å². The fourth-order valence-electron chi connectivity index (χ4n) is 3.23. The average Bonchev–Trinajstić information content (AvgIpc) is 2.54. The highest BCUT2D eigenvalue weighted by Gasteiger charge is 2.31. The van der Waals surface area contributed by atoms with Gasteiger partial charge in [0.1, 0.15) is 11.5 Å². The van der Waals surface area contributed by atoms with Gasteiger partial charge in [-0.05, 0) is 13.3 Å². The van der Waals surface area contributed by atoms with E-state index < -0.39 is 11.5 Å². The first-order valence-electron chi connectivity index (χ1n) is 10.5. The van der Waals surface area contributed by atoms with Gasteiger partial charge in [0.25, 0.3) is 0 Å². The maximum Gasteiger partial charge on any atom is 0.134 e. The van der Waals surface area contributed by atoms with Gasteiger partial charge < -0.3 is 14.8 Å². The minimum Gasteiger partial charge on any atom is -0.544 e. The van der Waals surface area contributed by atoms with Crippen LogP contribution >= 0.6 is 0 Å². The second kappa shape index (κ2) is 14.7. The van der Waals surface area contributed by atoms with Crippen molar-refractivity contribution < 1.29 is 14.8 Å². The molecule has 3 nitrogen and oxygen atoms in total. The summed E-state index contributed by atoms with van der Waals surface area (Å²) in [6.45, 7) is 4.07. The van der Waals surface area contributed by atoms with E-state index in [9.17, 15) is 9.90 Å². The third-order valence-corrected chi connectivity index (χ3v) is 5.58. The molecule has 0 rings (SSSR count). The summed E-state index contributed by atoms with van der Waals surface area (Å²) in [5, 5.41) is 11.3. The van der Waals surface area contributed by atoms with Gasteiger partial charge in [-0.2, -0.15) is 0 Å². The molecule has 0 saturated heterocycles. The third-order valence-electron chi connectivity index (χ3n) is 5.58. The number of carbonyl (C=O) groups is 1. The van der Waals surface area contributed by atoms with Crippen LogP contribution in [-0.4, -0.2) is 25.6 Å². The van der Waals surface area contributed by atoms with Crippen LogP contribution < -0.4 is 10.0 Å². The van der Waals surface area contributed by atoms with Crippen molar-refractivity contribution in [1.29, 1.82) is 0 Å². The van der Waals surface area contributed by atoms with Crippen LogP contribution in [0.3, 0.4) is 0 Å². The van der Waals surface area contributed by atoms with Crippen LogP contribution in [-0.2, 0) is 4.79 Å². The molecule has 0 aliphatic carbocycles. The van der Waals surface area contributed by atoms with Crippen LogP contribution in [0.15, 0.2) is 0 Å². The van der Waals surface area contributed by atoms with Gasteiger partial charge >= 0.3 is 0 Å². The normalized spacial score (nSPS) is 14.0. The van der Waals surface area contributed by atoms with Crippen molar-refractivity contribution in [2.45, 2.75) is 116 Å². The smallest absolute Gasteiger partial charge is 0.134 e. The van der Waals surface area contributed by atoms with E-state index in [1.807, 2.05) is 14.1 Å². The number of likely N-dealkylation sites (N-methyl/N-ethyl adjacent to an activating group) is 1. The molecule has 0 aromatic rings. The van der Waals surface area contributed by atoms with E-state index in [1.165, 1.54) is 77.0 Å². The lowest BCUT2D eigenvalue weighted by molar-refractivity contribution is -0.905. The van der Waals surface area contributed by atoms with E-state index in [1.54, 1.807) is 6.92 Å². The SMILES string of the molecule is CCCCCCCCCCCCCCCCC(C)(C(=O)[O-])[NH+](C)C. The van der Waals surface area contributed by atoms with Crippen molar-refractivity contribution in [2.75, 3.05) is 14.1 Å². The molecule has 0 spiro atoms. The predicted molar refractivity (Wildman–Crippen MR) is 101 cm³/mol. The second-order valence-electron chi connectivity index (χ2n) is 7.97. The predicted octanol–water partition coefficient (Wildman–Crippen LogP) is 3.51. The lowest BCUT2D eigenvalue weighted by Gasteiger charge is -2.34. The van der Waals surface area contributed by atoms with Gasteiger partial charge in [0.05, 0.1) is 14.1 Å². The zero-order valence-electron chi connectivity index (χ0n) is 16.9. The van der Waals surface area contributed by atoms with E-state index in [0.29, 0.717) is 0 Å². The molecule has 3 heteroatoms. The number of aliphatic carboxylic acids is 1. The number of nitrogens with one attached hydrogen (secondary N) is 1. The maximum absolute atomic E-state index is 11.3. The van der Waals surface area contributed by atoms with Gasteiger partial charge in [0.2, 0.25) is 0 Å². The number of carboxylic acid groups (broad SMARTS) is 1. The van der Waals surface area contributed by atoms with Crippen LogP contribution in [0.25, 0.3) is 0 Å². The number of hydrogen-bond donors (Lipinski definition) is 1. The van der Waals surface area contributed by atoms with Gasteiger partial charge in [-0.1, -0.05) is 90.4 Å². The summed E-state index contributed by atoms with van der Waals surface area (Å²) >= 11 is 0. The van der Waals surface area contributed by atoms with Gasteiger partial charge in [-0.15, -0.1) is 0 Å². The maximum atomic E-state index is 11.3. The Morgan fingerprint density at radius 2 is 1.08 bits per heavy atom. The molecule has 0 fully saturated rings. The lowest BCUT2D eigenvalue weighted by Crippen LogP contribution is -3.16. The Morgan fingerprint density at radius 1 is 0.750 bits per heavy atom. The molecule has 0 heterocycles. The van der Waals surface area contributed by atoms with E-state index >= 15 is 0 Å². The minimum absolute atomic E-state index is 0.718. The van der Waals surface area contributed by atoms with Crippen molar-refractivity contribution in [3.05, 3.63) is 0 Å². The van der Waals surface area contributed by atoms with E-state index in [0.717, 1.165) is 24.2 Å².